The molecule has 0 unspecified atom stereocenters. The largest absolute Gasteiger partial charge is 0.496 e. The molecule has 0 aliphatic rings. The fourth-order valence-electron chi connectivity index (χ4n) is 2.46. The van der Waals surface area contributed by atoms with Crippen LogP contribution in [0.4, 0.5) is 4.39 Å². The highest BCUT2D eigenvalue weighted by molar-refractivity contribution is 6.10. The number of carbonyl (C=O) groups excluding carboxylic acids is 1. The van der Waals surface area contributed by atoms with E-state index in [1.165, 1.54) is 25.3 Å². The lowest BCUT2D eigenvalue weighted by molar-refractivity contribution is 0.103. The first-order valence-electron chi connectivity index (χ1n) is 7.23. The van der Waals surface area contributed by atoms with Crippen LogP contribution in [0.25, 0.3) is 11.1 Å². The van der Waals surface area contributed by atoms with Gasteiger partial charge in [-0.3, -0.25) is 4.79 Å². The Morgan fingerprint density at radius 3 is 2.17 bits per heavy atom. The van der Waals surface area contributed by atoms with Gasteiger partial charge in [0.2, 0.25) is 0 Å². The van der Waals surface area contributed by atoms with E-state index in [-0.39, 0.29) is 11.3 Å². The van der Waals surface area contributed by atoms with Gasteiger partial charge >= 0.3 is 0 Å². The maximum atomic E-state index is 13.4. The summed E-state index contributed by atoms with van der Waals surface area (Å²) in [6.07, 6.45) is 0. The predicted molar refractivity (Wildman–Crippen MR) is 88.3 cm³/mol. The summed E-state index contributed by atoms with van der Waals surface area (Å²) in [6.45, 7) is 0. The van der Waals surface area contributed by atoms with Crippen molar-refractivity contribution in [2.45, 2.75) is 0 Å². The van der Waals surface area contributed by atoms with Crippen molar-refractivity contribution in [1.29, 1.82) is 0 Å². The summed E-state index contributed by atoms with van der Waals surface area (Å²) in [5.41, 5.74) is 2.82. The van der Waals surface area contributed by atoms with E-state index >= 15 is 0 Å². The monoisotopic (exact) mass is 306 g/mol. The SMILES string of the molecule is COc1ccc(F)cc1C(=O)c1ccc(-c2ccccc2)cc1. The van der Waals surface area contributed by atoms with E-state index < -0.39 is 5.82 Å². The average molecular weight is 306 g/mol. The highest BCUT2D eigenvalue weighted by Gasteiger charge is 2.15. The van der Waals surface area contributed by atoms with Gasteiger partial charge in [-0.15, -0.1) is 0 Å². The third-order valence-electron chi connectivity index (χ3n) is 3.66. The van der Waals surface area contributed by atoms with Crippen LogP contribution < -0.4 is 4.74 Å². The quantitative estimate of drug-likeness (QED) is 0.651. The molecule has 0 amide bonds. The van der Waals surface area contributed by atoms with Crippen LogP contribution in [0.1, 0.15) is 15.9 Å². The molecular weight excluding hydrogens is 291 g/mol. The molecule has 0 aliphatic carbocycles. The van der Waals surface area contributed by atoms with Crippen molar-refractivity contribution < 1.29 is 13.9 Å². The molecule has 3 heteroatoms. The van der Waals surface area contributed by atoms with Gasteiger partial charge in [0.25, 0.3) is 0 Å². The summed E-state index contributed by atoms with van der Waals surface area (Å²) < 4.78 is 18.6. The van der Waals surface area contributed by atoms with Gasteiger partial charge in [-0.05, 0) is 29.3 Å². The zero-order chi connectivity index (χ0) is 16.2. The van der Waals surface area contributed by atoms with Crippen LogP contribution in [-0.2, 0) is 0 Å². The van der Waals surface area contributed by atoms with Crippen molar-refractivity contribution >= 4 is 5.78 Å². The van der Waals surface area contributed by atoms with Gasteiger partial charge in [0.05, 0.1) is 12.7 Å². The minimum absolute atomic E-state index is 0.222. The van der Waals surface area contributed by atoms with Crippen molar-refractivity contribution in [2.75, 3.05) is 7.11 Å². The maximum Gasteiger partial charge on any atom is 0.196 e. The van der Waals surface area contributed by atoms with Gasteiger partial charge < -0.3 is 4.74 Å². The molecule has 0 bridgehead atoms. The molecule has 0 heterocycles. The number of hydrogen-bond acceptors (Lipinski definition) is 2. The first kappa shape index (κ1) is 15.0. The van der Waals surface area contributed by atoms with E-state index in [1.807, 2.05) is 42.5 Å². The van der Waals surface area contributed by atoms with Crippen LogP contribution >= 0.6 is 0 Å². The summed E-state index contributed by atoms with van der Waals surface area (Å²) in [5, 5.41) is 0. The minimum atomic E-state index is -0.463. The molecule has 0 aliphatic heterocycles. The Morgan fingerprint density at radius 1 is 0.870 bits per heavy atom. The van der Waals surface area contributed by atoms with Crippen molar-refractivity contribution in [2.24, 2.45) is 0 Å². The molecule has 114 valence electrons. The zero-order valence-electron chi connectivity index (χ0n) is 12.6. The Labute approximate surface area is 134 Å². The lowest BCUT2D eigenvalue weighted by Gasteiger charge is -2.08. The number of carbonyl (C=O) groups is 1. The van der Waals surface area contributed by atoms with E-state index in [2.05, 4.69) is 0 Å². The summed E-state index contributed by atoms with van der Waals surface area (Å²) in [7, 11) is 1.46. The van der Waals surface area contributed by atoms with E-state index in [1.54, 1.807) is 12.1 Å². The van der Waals surface area contributed by atoms with Crippen molar-refractivity contribution in [3.63, 3.8) is 0 Å². The standard InChI is InChI=1S/C20H15FO2/c1-23-19-12-11-17(21)13-18(19)20(22)16-9-7-15(8-10-16)14-5-3-2-4-6-14/h2-13H,1H3. The number of halogens is 1. The van der Waals surface area contributed by atoms with E-state index in [9.17, 15) is 9.18 Å². The fourth-order valence-corrected chi connectivity index (χ4v) is 2.46. The van der Waals surface area contributed by atoms with Crippen LogP contribution in [0.2, 0.25) is 0 Å². The van der Waals surface area contributed by atoms with Gasteiger partial charge in [-0.2, -0.15) is 0 Å². The lowest BCUT2D eigenvalue weighted by atomic mass is 9.99. The zero-order valence-corrected chi connectivity index (χ0v) is 12.6. The number of ketones is 1. The van der Waals surface area contributed by atoms with E-state index in [4.69, 9.17) is 4.74 Å². The van der Waals surface area contributed by atoms with Gasteiger partial charge in [-0.1, -0.05) is 54.6 Å². The minimum Gasteiger partial charge on any atom is -0.496 e. The molecule has 0 N–H and O–H groups in total. The normalized spacial score (nSPS) is 10.3. The number of rotatable bonds is 4. The smallest absolute Gasteiger partial charge is 0.196 e. The first-order chi connectivity index (χ1) is 11.2. The fraction of sp³-hybridized carbons (Fsp3) is 0.0500. The Hall–Kier alpha value is -2.94. The maximum absolute atomic E-state index is 13.4. The molecule has 2 nitrogen and oxygen atoms in total. The van der Waals surface area contributed by atoms with Gasteiger partial charge in [0, 0.05) is 5.56 Å². The first-order valence-corrected chi connectivity index (χ1v) is 7.23. The summed E-state index contributed by atoms with van der Waals surface area (Å²) >= 11 is 0. The molecule has 0 spiro atoms. The van der Waals surface area contributed by atoms with Crippen LogP contribution in [0.5, 0.6) is 5.75 Å². The van der Waals surface area contributed by atoms with Crippen LogP contribution in [0.3, 0.4) is 0 Å². The Balaban J connectivity index is 1.94. The molecule has 0 fully saturated rings. The molecule has 3 aromatic carbocycles. The molecule has 0 atom stereocenters. The number of ether oxygens (including phenoxy) is 1. The summed E-state index contributed by atoms with van der Waals surface area (Å²) in [5.74, 6) is -0.362. The molecular formula is C20H15FO2. The summed E-state index contributed by atoms with van der Waals surface area (Å²) in [4.78, 5) is 12.6. The van der Waals surface area contributed by atoms with Gasteiger partial charge in [-0.25, -0.2) is 4.39 Å². The van der Waals surface area contributed by atoms with Gasteiger partial charge in [0.15, 0.2) is 5.78 Å². The summed E-state index contributed by atoms with van der Waals surface area (Å²) in [6, 6.07) is 21.1. The van der Waals surface area contributed by atoms with Crippen molar-refractivity contribution in [1.82, 2.24) is 0 Å². The Kier molecular flexibility index (Phi) is 4.20. The van der Waals surface area contributed by atoms with Crippen molar-refractivity contribution in [3.05, 3.63) is 89.7 Å². The van der Waals surface area contributed by atoms with Crippen LogP contribution in [0.15, 0.2) is 72.8 Å². The highest BCUT2D eigenvalue weighted by Crippen LogP contribution is 2.24. The van der Waals surface area contributed by atoms with Crippen LogP contribution in [0, 0.1) is 5.82 Å². The second kappa shape index (κ2) is 6.44. The Morgan fingerprint density at radius 2 is 1.52 bits per heavy atom. The molecule has 3 rings (SSSR count). The van der Waals surface area contributed by atoms with E-state index in [0.29, 0.717) is 11.3 Å². The molecule has 0 aromatic heterocycles. The average Bonchev–Trinajstić information content (AvgIpc) is 2.62. The molecule has 0 radical (unpaired) electrons. The second-order valence-corrected chi connectivity index (χ2v) is 5.12. The van der Waals surface area contributed by atoms with E-state index in [0.717, 1.165) is 11.1 Å². The predicted octanol–water partition coefficient (Wildman–Crippen LogP) is 4.73. The van der Waals surface area contributed by atoms with Crippen molar-refractivity contribution in [3.8, 4) is 16.9 Å². The third-order valence-corrected chi connectivity index (χ3v) is 3.66. The van der Waals surface area contributed by atoms with Gasteiger partial charge in [0.1, 0.15) is 11.6 Å². The molecule has 0 saturated carbocycles. The molecule has 23 heavy (non-hydrogen) atoms. The van der Waals surface area contributed by atoms with Crippen LogP contribution in [-0.4, -0.2) is 12.9 Å². The number of hydrogen-bond donors (Lipinski definition) is 0. The number of methoxy groups -OCH3 is 1. The Bertz CT molecular complexity index is 824. The molecule has 0 saturated heterocycles. The topological polar surface area (TPSA) is 26.3 Å². The lowest BCUT2D eigenvalue weighted by Crippen LogP contribution is -2.04. The third kappa shape index (κ3) is 3.14. The second-order valence-electron chi connectivity index (χ2n) is 5.12. The number of benzene rings is 3. The molecule has 3 aromatic rings. The highest BCUT2D eigenvalue weighted by atomic mass is 19.1.